The van der Waals surface area contributed by atoms with Gasteiger partial charge in [0, 0.05) is 18.0 Å². The number of rotatable bonds is 5. The quantitative estimate of drug-likeness (QED) is 0.611. The molecule has 0 unspecified atom stereocenters. The van der Waals surface area contributed by atoms with Crippen LogP contribution in [0.3, 0.4) is 0 Å². The zero-order valence-corrected chi connectivity index (χ0v) is 16.1. The summed E-state index contributed by atoms with van der Waals surface area (Å²) in [5.41, 5.74) is 5.81. The second kappa shape index (κ2) is 6.49. The fourth-order valence-corrected chi connectivity index (χ4v) is 3.83. The molecule has 140 valence electrons. The molecule has 1 aromatic carbocycles. The summed E-state index contributed by atoms with van der Waals surface area (Å²) in [7, 11) is 0. The molecule has 28 heavy (non-hydrogen) atoms. The Morgan fingerprint density at radius 2 is 1.82 bits per heavy atom. The summed E-state index contributed by atoms with van der Waals surface area (Å²) in [6, 6.07) is 10.2. The van der Waals surface area contributed by atoms with Crippen molar-refractivity contribution in [2.75, 3.05) is 0 Å². The van der Waals surface area contributed by atoms with Crippen molar-refractivity contribution in [2.45, 2.75) is 51.4 Å². The molecule has 0 bridgehead atoms. The molecule has 5 nitrogen and oxygen atoms in total. The standard InChI is InChI=1S/C23H22N4O/c1-14-10-19(11-15(2)20(14)12-24)28-23-21(16-5-6-16)26-27(22(23)17-7-8-17)18-4-3-9-25-13-18/h3-4,9-11,13,16-17H,5-8H2,1-2H3. The van der Waals surface area contributed by atoms with Crippen molar-refractivity contribution in [1.82, 2.24) is 14.8 Å². The average molecular weight is 370 g/mol. The zero-order chi connectivity index (χ0) is 19.3. The van der Waals surface area contributed by atoms with Crippen molar-refractivity contribution in [3.8, 4) is 23.3 Å². The fourth-order valence-electron chi connectivity index (χ4n) is 3.83. The maximum Gasteiger partial charge on any atom is 0.172 e. The molecule has 0 saturated heterocycles. The topological polar surface area (TPSA) is 63.7 Å². The molecule has 2 fully saturated rings. The third kappa shape index (κ3) is 2.95. The van der Waals surface area contributed by atoms with Crippen LogP contribution >= 0.6 is 0 Å². The Morgan fingerprint density at radius 3 is 2.39 bits per heavy atom. The lowest BCUT2D eigenvalue weighted by Crippen LogP contribution is -2.02. The monoisotopic (exact) mass is 370 g/mol. The van der Waals surface area contributed by atoms with Crippen LogP contribution in [0.5, 0.6) is 11.5 Å². The highest BCUT2D eigenvalue weighted by Gasteiger charge is 2.39. The maximum atomic E-state index is 9.35. The first-order valence-corrected chi connectivity index (χ1v) is 9.88. The summed E-state index contributed by atoms with van der Waals surface area (Å²) in [5, 5.41) is 14.3. The highest BCUT2D eigenvalue weighted by Crippen LogP contribution is 2.52. The minimum atomic E-state index is 0.478. The van der Waals surface area contributed by atoms with E-state index in [1.54, 1.807) is 6.20 Å². The molecule has 2 heterocycles. The van der Waals surface area contributed by atoms with E-state index in [1.165, 1.54) is 0 Å². The van der Waals surface area contributed by atoms with E-state index in [2.05, 4.69) is 11.1 Å². The Labute approximate surface area is 164 Å². The molecule has 3 aromatic rings. The highest BCUT2D eigenvalue weighted by molar-refractivity contribution is 5.52. The predicted octanol–water partition coefficient (Wildman–Crippen LogP) is 5.30. The van der Waals surface area contributed by atoms with Gasteiger partial charge < -0.3 is 4.74 Å². The molecule has 0 atom stereocenters. The molecular formula is C23H22N4O. The lowest BCUT2D eigenvalue weighted by atomic mass is 10.0. The Balaban J connectivity index is 1.63. The van der Waals surface area contributed by atoms with Gasteiger partial charge in [0.1, 0.15) is 11.4 Å². The van der Waals surface area contributed by atoms with Gasteiger partial charge in [-0.2, -0.15) is 10.4 Å². The number of pyridine rings is 1. The van der Waals surface area contributed by atoms with E-state index in [-0.39, 0.29) is 0 Å². The first-order chi connectivity index (χ1) is 13.7. The van der Waals surface area contributed by atoms with E-state index >= 15 is 0 Å². The number of aromatic nitrogens is 3. The Hall–Kier alpha value is -3.13. The van der Waals surface area contributed by atoms with Crippen molar-refractivity contribution in [1.29, 1.82) is 5.26 Å². The van der Waals surface area contributed by atoms with E-state index in [4.69, 9.17) is 9.84 Å². The molecule has 0 radical (unpaired) electrons. The summed E-state index contributed by atoms with van der Waals surface area (Å²) in [6.07, 6.45) is 8.29. The van der Waals surface area contributed by atoms with Crippen LogP contribution in [-0.4, -0.2) is 14.8 Å². The third-order valence-electron chi connectivity index (χ3n) is 5.56. The van der Waals surface area contributed by atoms with E-state index in [1.807, 2.05) is 49.0 Å². The van der Waals surface area contributed by atoms with Crippen molar-refractivity contribution in [3.05, 3.63) is 64.7 Å². The highest BCUT2D eigenvalue weighted by atomic mass is 16.5. The van der Waals surface area contributed by atoms with Crippen LogP contribution in [-0.2, 0) is 0 Å². The summed E-state index contributed by atoms with van der Waals surface area (Å²) >= 11 is 0. The minimum absolute atomic E-state index is 0.478. The molecule has 2 aliphatic carbocycles. The van der Waals surface area contributed by atoms with Gasteiger partial charge in [-0.05, 0) is 74.9 Å². The number of aryl methyl sites for hydroxylation is 2. The first kappa shape index (κ1) is 17.0. The molecule has 0 aliphatic heterocycles. The van der Waals surface area contributed by atoms with E-state index in [0.717, 1.165) is 70.9 Å². The van der Waals surface area contributed by atoms with Crippen molar-refractivity contribution in [2.24, 2.45) is 0 Å². The summed E-state index contributed by atoms with van der Waals surface area (Å²) in [5.74, 6) is 2.66. The lowest BCUT2D eigenvalue weighted by Gasteiger charge is -2.12. The van der Waals surface area contributed by atoms with Gasteiger partial charge in [-0.1, -0.05) is 0 Å². The van der Waals surface area contributed by atoms with Gasteiger partial charge in [0.05, 0.1) is 29.2 Å². The van der Waals surface area contributed by atoms with Gasteiger partial charge in [-0.25, -0.2) is 4.68 Å². The Bertz CT molecular complexity index is 1060. The van der Waals surface area contributed by atoms with Crippen LogP contribution < -0.4 is 4.74 Å². The van der Waals surface area contributed by atoms with Gasteiger partial charge in [0.25, 0.3) is 0 Å². The number of nitriles is 1. The average Bonchev–Trinajstić information content (AvgIpc) is 3.61. The molecular weight excluding hydrogens is 348 g/mol. The minimum Gasteiger partial charge on any atom is -0.453 e. The van der Waals surface area contributed by atoms with Gasteiger partial charge in [0.15, 0.2) is 5.75 Å². The SMILES string of the molecule is Cc1cc(Oc2c(C3CC3)nn(-c3cccnc3)c2C2CC2)cc(C)c1C#N. The summed E-state index contributed by atoms with van der Waals surface area (Å²) < 4.78 is 8.53. The van der Waals surface area contributed by atoms with Crippen molar-refractivity contribution in [3.63, 3.8) is 0 Å². The van der Waals surface area contributed by atoms with Crippen LogP contribution in [0.2, 0.25) is 0 Å². The summed E-state index contributed by atoms with van der Waals surface area (Å²) in [6.45, 7) is 3.92. The van der Waals surface area contributed by atoms with Gasteiger partial charge in [-0.15, -0.1) is 0 Å². The second-order valence-corrected chi connectivity index (χ2v) is 7.92. The number of ether oxygens (including phenoxy) is 1. The second-order valence-electron chi connectivity index (χ2n) is 7.92. The normalized spacial score (nSPS) is 16.0. The van der Waals surface area contributed by atoms with Gasteiger partial charge >= 0.3 is 0 Å². The van der Waals surface area contributed by atoms with Crippen LogP contribution in [0.4, 0.5) is 0 Å². The number of hydrogen-bond donors (Lipinski definition) is 0. The smallest absolute Gasteiger partial charge is 0.172 e. The number of hydrogen-bond acceptors (Lipinski definition) is 4. The molecule has 0 amide bonds. The molecule has 5 rings (SSSR count). The molecule has 2 aromatic heterocycles. The number of benzene rings is 1. The van der Waals surface area contributed by atoms with Crippen LogP contribution in [0.25, 0.3) is 5.69 Å². The van der Waals surface area contributed by atoms with Crippen LogP contribution in [0.1, 0.15) is 65.6 Å². The Kier molecular flexibility index (Phi) is 3.94. The molecule has 0 spiro atoms. The van der Waals surface area contributed by atoms with Gasteiger partial charge in [0.2, 0.25) is 0 Å². The molecule has 2 aliphatic rings. The lowest BCUT2D eigenvalue weighted by molar-refractivity contribution is 0.469. The van der Waals surface area contributed by atoms with Crippen molar-refractivity contribution >= 4 is 0 Å². The first-order valence-electron chi connectivity index (χ1n) is 9.88. The molecule has 0 N–H and O–H groups in total. The third-order valence-corrected chi connectivity index (χ3v) is 5.56. The maximum absolute atomic E-state index is 9.35. The molecule has 5 heteroatoms. The zero-order valence-electron chi connectivity index (χ0n) is 16.1. The van der Waals surface area contributed by atoms with E-state index in [0.29, 0.717) is 11.8 Å². The predicted molar refractivity (Wildman–Crippen MR) is 106 cm³/mol. The largest absolute Gasteiger partial charge is 0.453 e. The van der Waals surface area contributed by atoms with Crippen LogP contribution in [0.15, 0.2) is 36.7 Å². The molecule has 2 saturated carbocycles. The van der Waals surface area contributed by atoms with Crippen molar-refractivity contribution < 1.29 is 4.74 Å². The summed E-state index contributed by atoms with van der Waals surface area (Å²) in [4.78, 5) is 4.28. The Morgan fingerprint density at radius 1 is 1.11 bits per heavy atom. The van der Waals surface area contributed by atoms with Gasteiger partial charge in [-0.3, -0.25) is 4.98 Å². The van der Waals surface area contributed by atoms with E-state index in [9.17, 15) is 5.26 Å². The van der Waals surface area contributed by atoms with E-state index < -0.39 is 0 Å². The fraction of sp³-hybridized carbons (Fsp3) is 0.348. The number of nitrogens with zero attached hydrogens (tertiary/aromatic N) is 4. The van der Waals surface area contributed by atoms with Crippen LogP contribution in [0, 0.1) is 25.2 Å².